The molecule has 0 radical (unpaired) electrons. The number of carboxylic acids is 1. The molecule has 9 heteroatoms. The molecule has 1 aliphatic rings. The van der Waals surface area contributed by atoms with E-state index in [1.165, 1.54) is 0 Å². The van der Waals surface area contributed by atoms with E-state index in [9.17, 15) is 19.5 Å². The lowest BCUT2D eigenvalue weighted by Gasteiger charge is -2.19. The molecule has 35 heavy (non-hydrogen) atoms. The van der Waals surface area contributed by atoms with Gasteiger partial charge in [0.1, 0.15) is 12.6 Å². The number of halogens is 2. The van der Waals surface area contributed by atoms with Crippen molar-refractivity contribution in [3.05, 3.63) is 92.9 Å². The minimum Gasteiger partial charge on any atom is -0.481 e. The van der Waals surface area contributed by atoms with E-state index in [-0.39, 0.29) is 19.1 Å². The highest BCUT2D eigenvalue weighted by Gasteiger charge is 2.30. The van der Waals surface area contributed by atoms with Crippen molar-refractivity contribution in [3.8, 4) is 11.1 Å². The lowest BCUT2D eigenvalue weighted by Crippen LogP contribution is -2.48. The van der Waals surface area contributed by atoms with Crippen LogP contribution in [0.2, 0.25) is 5.02 Å². The third-order valence-corrected chi connectivity index (χ3v) is 7.30. The molecule has 3 aromatic rings. The van der Waals surface area contributed by atoms with E-state index in [1.807, 2.05) is 48.5 Å². The minimum atomic E-state index is -1.30. The summed E-state index contributed by atoms with van der Waals surface area (Å²) >= 11 is 9.43. The maximum Gasteiger partial charge on any atom is 0.407 e. The first-order valence-electron chi connectivity index (χ1n) is 10.9. The zero-order chi connectivity index (χ0) is 24.9. The number of hydrogen-bond donors (Lipinski definition) is 3. The fraction of sp³-hybridized carbons (Fsp3) is 0.192. The molecular formula is C26H22BrClN2O5. The van der Waals surface area contributed by atoms with E-state index in [0.717, 1.165) is 22.3 Å². The Morgan fingerprint density at radius 1 is 0.971 bits per heavy atom. The Morgan fingerprint density at radius 3 is 2.23 bits per heavy atom. The summed E-state index contributed by atoms with van der Waals surface area (Å²) in [6.45, 7) is 0.152. The van der Waals surface area contributed by atoms with Gasteiger partial charge in [0.25, 0.3) is 0 Å². The van der Waals surface area contributed by atoms with E-state index >= 15 is 0 Å². The Hall–Kier alpha value is -3.36. The molecule has 0 saturated carbocycles. The average Bonchev–Trinajstić information content (AvgIpc) is 3.16. The van der Waals surface area contributed by atoms with Crippen LogP contribution in [0, 0.1) is 0 Å². The molecule has 2 amide bonds. The fourth-order valence-corrected chi connectivity index (χ4v) is 4.76. The van der Waals surface area contributed by atoms with Crippen molar-refractivity contribution in [1.82, 2.24) is 10.6 Å². The lowest BCUT2D eigenvalue weighted by molar-refractivity contribution is -0.139. The number of hydrogen-bond acceptors (Lipinski definition) is 4. The number of carboxylic acid groups (broad SMARTS) is 1. The van der Waals surface area contributed by atoms with Crippen molar-refractivity contribution in [2.45, 2.75) is 24.9 Å². The van der Waals surface area contributed by atoms with Crippen LogP contribution in [-0.2, 0) is 20.9 Å². The van der Waals surface area contributed by atoms with Crippen molar-refractivity contribution in [2.75, 3.05) is 6.61 Å². The summed E-state index contributed by atoms with van der Waals surface area (Å²) < 4.78 is 6.08. The number of nitrogens with one attached hydrogen (secondary N) is 2. The van der Waals surface area contributed by atoms with E-state index in [2.05, 4.69) is 26.6 Å². The summed E-state index contributed by atoms with van der Waals surface area (Å²) in [6, 6.07) is 19.7. The summed E-state index contributed by atoms with van der Waals surface area (Å²) in [4.78, 5) is 36.6. The highest BCUT2D eigenvalue weighted by molar-refractivity contribution is 9.10. The SMILES string of the molecule is O=C(O)CC(NC(=O)OCC1c2ccccc2-c2ccccc21)C(=O)NCc1cccc(Cl)c1Br. The molecule has 1 unspecified atom stereocenters. The number of benzene rings is 3. The Kier molecular flexibility index (Phi) is 7.73. The van der Waals surface area contributed by atoms with Gasteiger partial charge in [0.2, 0.25) is 5.91 Å². The van der Waals surface area contributed by atoms with Crippen molar-refractivity contribution in [2.24, 2.45) is 0 Å². The smallest absolute Gasteiger partial charge is 0.407 e. The zero-order valence-electron chi connectivity index (χ0n) is 18.5. The van der Waals surface area contributed by atoms with Crippen molar-refractivity contribution in [1.29, 1.82) is 0 Å². The first-order valence-corrected chi connectivity index (χ1v) is 12.1. The second-order valence-electron chi connectivity index (χ2n) is 8.05. The van der Waals surface area contributed by atoms with Gasteiger partial charge in [-0.15, -0.1) is 0 Å². The molecule has 7 nitrogen and oxygen atoms in total. The Labute approximate surface area is 215 Å². The Morgan fingerprint density at radius 2 is 1.60 bits per heavy atom. The highest BCUT2D eigenvalue weighted by Crippen LogP contribution is 2.44. The maximum absolute atomic E-state index is 12.7. The molecule has 0 aliphatic heterocycles. The van der Waals surface area contributed by atoms with Gasteiger partial charge in [-0.25, -0.2) is 4.79 Å². The van der Waals surface area contributed by atoms with Gasteiger partial charge in [-0.05, 0) is 49.8 Å². The summed E-state index contributed by atoms with van der Waals surface area (Å²) in [5.74, 6) is -2.03. The maximum atomic E-state index is 12.7. The predicted octanol–water partition coefficient (Wildman–Crippen LogP) is 5.10. The molecular weight excluding hydrogens is 536 g/mol. The standard InChI is InChI=1S/C26H22BrClN2O5/c27-24-15(6-5-11-21(24)28)13-29-25(33)22(12-23(31)32)30-26(34)35-14-20-18-9-3-1-7-16(18)17-8-2-4-10-19(17)20/h1-11,20,22H,12-14H2,(H,29,33)(H,30,34)(H,31,32). The van der Waals surface area contributed by atoms with Crippen LogP contribution in [0.3, 0.4) is 0 Å². The van der Waals surface area contributed by atoms with E-state index < -0.39 is 30.4 Å². The molecule has 0 heterocycles. The number of rotatable bonds is 8. The third-order valence-electron chi connectivity index (χ3n) is 5.82. The molecule has 1 aliphatic carbocycles. The van der Waals surface area contributed by atoms with Gasteiger partial charge in [-0.3, -0.25) is 9.59 Å². The summed E-state index contributed by atoms with van der Waals surface area (Å²) in [5, 5.41) is 14.7. The quantitative estimate of drug-likeness (QED) is 0.357. The average molecular weight is 558 g/mol. The second kappa shape index (κ2) is 10.9. The summed E-state index contributed by atoms with van der Waals surface area (Å²) in [5.41, 5.74) is 4.99. The second-order valence-corrected chi connectivity index (χ2v) is 9.25. The van der Waals surface area contributed by atoms with E-state index in [0.29, 0.717) is 15.1 Å². The molecule has 0 bridgehead atoms. The highest BCUT2D eigenvalue weighted by atomic mass is 79.9. The molecule has 3 aromatic carbocycles. The number of amides is 2. The van der Waals surface area contributed by atoms with Gasteiger partial charge in [-0.1, -0.05) is 72.3 Å². The molecule has 4 rings (SSSR count). The third kappa shape index (κ3) is 5.66. The Balaban J connectivity index is 1.39. The number of carbonyl (C=O) groups excluding carboxylic acids is 2. The van der Waals surface area contributed by atoms with Gasteiger partial charge in [0.05, 0.1) is 11.4 Å². The zero-order valence-corrected chi connectivity index (χ0v) is 20.8. The van der Waals surface area contributed by atoms with Crippen molar-refractivity contribution < 1.29 is 24.2 Å². The molecule has 0 saturated heterocycles. The van der Waals surface area contributed by atoms with Crippen molar-refractivity contribution >= 4 is 45.5 Å². The topological polar surface area (TPSA) is 105 Å². The predicted molar refractivity (Wildman–Crippen MR) is 135 cm³/mol. The molecule has 0 fully saturated rings. The van der Waals surface area contributed by atoms with E-state index in [1.54, 1.807) is 18.2 Å². The Bertz CT molecular complexity index is 1240. The van der Waals surface area contributed by atoms with Crippen LogP contribution in [-0.4, -0.2) is 35.7 Å². The van der Waals surface area contributed by atoms with Crippen LogP contribution in [0.1, 0.15) is 29.0 Å². The monoisotopic (exact) mass is 556 g/mol. The number of carbonyl (C=O) groups is 3. The van der Waals surface area contributed by atoms with Gasteiger partial charge in [0.15, 0.2) is 0 Å². The number of alkyl carbamates (subject to hydrolysis) is 1. The first-order chi connectivity index (χ1) is 16.8. The van der Waals surface area contributed by atoms with Gasteiger partial charge >= 0.3 is 12.1 Å². The van der Waals surface area contributed by atoms with Crippen molar-refractivity contribution in [3.63, 3.8) is 0 Å². The molecule has 0 spiro atoms. The van der Waals surface area contributed by atoms with Gasteiger partial charge < -0.3 is 20.5 Å². The van der Waals surface area contributed by atoms with Crippen LogP contribution < -0.4 is 10.6 Å². The van der Waals surface area contributed by atoms with Gasteiger partial charge in [0, 0.05) is 16.9 Å². The van der Waals surface area contributed by atoms with Crippen LogP contribution in [0.5, 0.6) is 0 Å². The number of ether oxygens (including phenoxy) is 1. The van der Waals surface area contributed by atoms with Crippen LogP contribution in [0.25, 0.3) is 11.1 Å². The van der Waals surface area contributed by atoms with Gasteiger partial charge in [-0.2, -0.15) is 0 Å². The number of aliphatic carboxylic acids is 1. The molecule has 3 N–H and O–H groups in total. The summed E-state index contributed by atoms with van der Waals surface area (Å²) in [7, 11) is 0. The van der Waals surface area contributed by atoms with Crippen LogP contribution >= 0.6 is 27.5 Å². The number of fused-ring (bicyclic) bond motifs is 3. The summed E-state index contributed by atoms with van der Waals surface area (Å²) in [6.07, 6.45) is -1.45. The molecule has 1 atom stereocenters. The van der Waals surface area contributed by atoms with Crippen LogP contribution in [0.4, 0.5) is 4.79 Å². The minimum absolute atomic E-state index is 0.0523. The largest absolute Gasteiger partial charge is 0.481 e. The lowest BCUT2D eigenvalue weighted by atomic mass is 9.98. The first kappa shape index (κ1) is 24.8. The normalized spacial score (nSPS) is 12.9. The molecule has 0 aromatic heterocycles. The van der Waals surface area contributed by atoms with E-state index in [4.69, 9.17) is 16.3 Å². The van der Waals surface area contributed by atoms with Crippen LogP contribution in [0.15, 0.2) is 71.2 Å². The fourth-order valence-electron chi connectivity index (χ4n) is 4.16. The molecule has 180 valence electrons.